The summed E-state index contributed by atoms with van der Waals surface area (Å²) in [7, 11) is 0. The van der Waals surface area contributed by atoms with E-state index in [4.69, 9.17) is 21.7 Å². The van der Waals surface area contributed by atoms with Crippen LogP contribution in [0.3, 0.4) is 0 Å². The van der Waals surface area contributed by atoms with Crippen LogP contribution in [-0.2, 0) is 4.79 Å². The molecule has 0 bridgehead atoms. The summed E-state index contributed by atoms with van der Waals surface area (Å²) in [5, 5.41) is 2.45. The molecule has 0 fully saturated rings. The van der Waals surface area contributed by atoms with E-state index in [0.29, 0.717) is 21.5 Å². The number of halogens is 1. The van der Waals surface area contributed by atoms with Crippen LogP contribution in [0.4, 0.5) is 0 Å². The Morgan fingerprint density at radius 1 is 0.941 bits per heavy atom. The molecule has 2 amide bonds. The average molecular weight is 542 g/mol. The number of benzene rings is 3. The first-order valence-corrected chi connectivity index (χ1v) is 11.7. The van der Waals surface area contributed by atoms with Gasteiger partial charge in [0.2, 0.25) is 0 Å². The zero-order valence-corrected chi connectivity index (χ0v) is 21.0. The third-order valence-electron chi connectivity index (χ3n) is 4.42. The summed E-state index contributed by atoms with van der Waals surface area (Å²) >= 11 is 8.47. The maximum absolute atomic E-state index is 12.7. The lowest BCUT2D eigenvalue weighted by Gasteiger charge is -2.16. The number of carbonyl (C=O) groups excluding carboxylic acids is 2. The van der Waals surface area contributed by atoms with Crippen molar-refractivity contribution in [1.82, 2.24) is 16.2 Å². The predicted octanol–water partition coefficient (Wildman–Crippen LogP) is 4.62. The minimum atomic E-state index is -0.475. The molecule has 3 rings (SSSR count). The number of hydrogen-bond acceptors (Lipinski definition) is 5. The maximum Gasteiger partial charge on any atom is 0.276 e. The minimum absolute atomic E-state index is 0.0708. The van der Waals surface area contributed by atoms with Gasteiger partial charge in [-0.2, -0.15) is 0 Å². The molecular formula is C25H24BrN3O4S. The zero-order chi connectivity index (χ0) is 24.5. The summed E-state index contributed by atoms with van der Waals surface area (Å²) in [4.78, 5) is 24.9. The van der Waals surface area contributed by atoms with E-state index in [0.717, 1.165) is 11.1 Å². The molecule has 0 saturated heterocycles. The molecule has 0 heterocycles. The monoisotopic (exact) mass is 541 g/mol. The van der Waals surface area contributed by atoms with Gasteiger partial charge in [-0.05, 0) is 55.9 Å². The van der Waals surface area contributed by atoms with Crippen molar-refractivity contribution in [1.29, 1.82) is 0 Å². The first-order chi connectivity index (χ1) is 16.3. The lowest BCUT2D eigenvalue weighted by atomic mass is 10.1. The number of amides is 2. The van der Waals surface area contributed by atoms with Crippen LogP contribution < -0.4 is 25.6 Å². The number of carbonyl (C=O) groups is 2. The van der Waals surface area contributed by atoms with Gasteiger partial charge in [-0.15, -0.1) is 0 Å². The molecule has 3 aromatic carbocycles. The molecule has 0 aromatic heterocycles. The molecule has 34 heavy (non-hydrogen) atoms. The van der Waals surface area contributed by atoms with Crippen LogP contribution in [0.25, 0.3) is 11.1 Å². The van der Waals surface area contributed by atoms with Gasteiger partial charge in [0, 0.05) is 10.0 Å². The van der Waals surface area contributed by atoms with Crippen molar-refractivity contribution in [3.63, 3.8) is 0 Å². The molecule has 0 radical (unpaired) electrons. The van der Waals surface area contributed by atoms with Crippen LogP contribution >= 0.6 is 28.1 Å². The van der Waals surface area contributed by atoms with Crippen molar-refractivity contribution in [3.8, 4) is 22.6 Å². The van der Waals surface area contributed by atoms with Crippen molar-refractivity contribution in [2.45, 2.75) is 20.0 Å². The summed E-state index contributed by atoms with van der Waals surface area (Å²) in [6.45, 7) is 3.49. The van der Waals surface area contributed by atoms with Crippen molar-refractivity contribution in [2.24, 2.45) is 0 Å². The molecule has 9 heteroatoms. The highest BCUT2D eigenvalue weighted by Gasteiger charge is 2.16. The summed E-state index contributed by atoms with van der Waals surface area (Å²) in [6.07, 6.45) is -0.107. The Balaban J connectivity index is 1.52. The Morgan fingerprint density at radius 3 is 2.38 bits per heavy atom. The highest BCUT2D eigenvalue weighted by molar-refractivity contribution is 9.10. The van der Waals surface area contributed by atoms with Crippen LogP contribution in [0.2, 0.25) is 0 Å². The van der Waals surface area contributed by atoms with Crippen molar-refractivity contribution >= 4 is 45.1 Å². The maximum atomic E-state index is 12.7. The number of hydrogen-bond donors (Lipinski definition) is 3. The van der Waals surface area contributed by atoms with E-state index in [1.807, 2.05) is 62.4 Å². The van der Waals surface area contributed by atoms with Gasteiger partial charge in [-0.25, -0.2) is 0 Å². The fourth-order valence-electron chi connectivity index (χ4n) is 2.99. The third kappa shape index (κ3) is 7.29. The summed E-state index contributed by atoms with van der Waals surface area (Å²) in [5.74, 6) is 0.0579. The molecule has 0 unspecified atom stereocenters. The molecule has 0 saturated carbocycles. The molecule has 0 aliphatic carbocycles. The van der Waals surface area contributed by atoms with Gasteiger partial charge < -0.3 is 9.47 Å². The van der Waals surface area contributed by atoms with Crippen molar-refractivity contribution < 1.29 is 19.1 Å². The van der Waals surface area contributed by atoms with Gasteiger partial charge in [0.1, 0.15) is 11.5 Å². The van der Waals surface area contributed by atoms with Crippen LogP contribution in [0, 0.1) is 0 Å². The Labute approximate surface area is 211 Å². The number of rotatable bonds is 7. The Bertz CT molecular complexity index is 1170. The molecule has 3 aromatic rings. The molecule has 0 atom stereocenters. The number of para-hydroxylation sites is 1. The van der Waals surface area contributed by atoms with Gasteiger partial charge in [-0.1, -0.05) is 64.5 Å². The lowest BCUT2D eigenvalue weighted by Crippen LogP contribution is -2.49. The summed E-state index contributed by atoms with van der Waals surface area (Å²) < 4.78 is 12.1. The second kappa shape index (κ2) is 12.2. The fraction of sp³-hybridized carbons (Fsp3) is 0.160. The van der Waals surface area contributed by atoms with Crippen LogP contribution in [-0.4, -0.2) is 29.6 Å². The standard InChI is InChI=1S/C25H24BrN3O4S/c1-16(2)33-22-13-12-18(26)14-20(22)24(31)27-25(34)29-28-23(30)15-32-21-11-7-6-10-19(21)17-8-4-3-5-9-17/h3-14,16H,15H2,1-2H3,(H,28,30)(H2,27,29,31,34). The van der Waals surface area contributed by atoms with Gasteiger partial charge in [0.05, 0.1) is 11.7 Å². The van der Waals surface area contributed by atoms with E-state index in [1.54, 1.807) is 24.3 Å². The van der Waals surface area contributed by atoms with Gasteiger partial charge in [0.15, 0.2) is 11.7 Å². The van der Waals surface area contributed by atoms with E-state index >= 15 is 0 Å². The lowest BCUT2D eigenvalue weighted by molar-refractivity contribution is -0.123. The molecule has 7 nitrogen and oxygen atoms in total. The summed E-state index contributed by atoms with van der Waals surface area (Å²) in [6, 6.07) is 22.3. The first-order valence-electron chi connectivity index (χ1n) is 10.5. The van der Waals surface area contributed by atoms with Crippen molar-refractivity contribution in [3.05, 3.63) is 82.8 Å². The van der Waals surface area contributed by atoms with E-state index in [-0.39, 0.29) is 17.8 Å². The fourth-order valence-corrected chi connectivity index (χ4v) is 3.50. The average Bonchev–Trinajstić information content (AvgIpc) is 2.83. The second-order valence-corrected chi connectivity index (χ2v) is 8.74. The van der Waals surface area contributed by atoms with E-state index in [9.17, 15) is 9.59 Å². The summed E-state index contributed by atoms with van der Waals surface area (Å²) in [5.41, 5.74) is 7.09. The minimum Gasteiger partial charge on any atom is -0.490 e. The SMILES string of the molecule is CC(C)Oc1ccc(Br)cc1C(=O)NC(=S)NNC(=O)COc1ccccc1-c1ccccc1. The van der Waals surface area contributed by atoms with E-state index < -0.39 is 11.8 Å². The molecular weight excluding hydrogens is 518 g/mol. The third-order valence-corrected chi connectivity index (χ3v) is 5.12. The Kier molecular flexibility index (Phi) is 9.00. The number of nitrogens with one attached hydrogen (secondary N) is 3. The highest BCUT2D eigenvalue weighted by Crippen LogP contribution is 2.29. The normalized spacial score (nSPS) is 10.4. The first kappa shape index (κ1) is 25.2. The molecule has 0 spiro atoms. The van der Waals surface area contributed by atoms with E-state index in [1.165, 1.54) is 0 Å². The quantitative estimate of drug-likeness (QED) is 0.299. The Morgan fingerprint density at radius 2 is 1.65 bits per heavy atom. The number of ether oxygens (including phenoxy) is 2. The molecule has 176 valence electrons. The second-order valence-electron chi connectivity index (χ2n) is 7.41. The molecule has 0 aliphatic heterocycles. The van der Waals surface area contributed by atoms with Gasteiger partial charge in [-0.3, -0.25) is 25.8 Å². The van der Waals surface area contributed by atoms with Gasteiger partial charge in [0.25, 0.3) is 11.8 Å². The van der Waals surface area contributed by atoms with Crippen LogP contribution in [0.5, 0.6) is 11.5 Å². The number of hydrazine groups is 1. The predicted molar refractivity (Wildman–Crippen MR) is 139 cm³/mol. The molecule has 0 aliphatic rings. The van der Waals surface area contributed by atoms with Crippen molar-refractivity contribution in [2.75, 3.05) is 6.61 Å². The topological polar surface area (TPSA) is 88.7 Å². The van der Waals surface area contributed by atoms with E-state index in [2.05, 4.69) is 32.1 Å². The van der Waals surface area contributed by atoms with Crippen LogP contribution in [0.1, 0.15) is 24.2 Å². The smallest absolute Gasteiger partial charge is 0.276 e. The van der Waals surface area contributed by atoms with Crippen LogP contribution in [0.15, 0.2) is 77.3 Å². The number of thiocarbonyl (C=S) groups is 1. The Hall–Kier alpha value is -3.43. The van der Waals surface area contributed by atoms with Gasteiger partial charge >= 0.3 is 0 Å². The molecule has 3 N–H and O–H groups in total. The zero-order valence-electron chi connectivity index (χ0n) is 18.6. The largest absolute Gasteiger partial charge is 0.490 e. The highest BCUT2D eigenvalue weighted by atomic mass is 79.9.